The molecule has 8 nitrogen and oxygen atoms in total. The number of allylic oxidation sites excluding steroid dienone is 4. The summed E-state index contributed by atoms with van der Waals surface area (Å²) in [6, 6.07) is 15.1. The van der Waals surface area contributed by atoms with E-state index in [4.69, 9.17) is 15.2 Å². The predicted octanol–water partition coefficient (Wildman–Crippen LogP) is 4.34. The summed E-state index contributed by atoms with van der Waals surface area (Å²) in [4.78, 5) is 27.9. The normalized spacial score (nSPS) is 41.2. The van der Waals surface area contributed by atoms with Crippen LogP contribution in [-0.4, -0.2) is 51.0 Å². The van der Waals surface area contributed by atoms with E-state index >= 15 is 0 Å². The summed E-state index contributed by atoms with van der Waals surface area (Å²) >= 11 is 1.56. The van der Waals surface area contributed by atoms with Gasteiger partial charge in [0.1, 0.15) is 6.61 Å². The summed E-state index contributed by atoms with van der Waals surface area (Å²) in [7, 11) is 0. The van der Waals surface area contributed by atoms with Crippen molar-refractivity contribution < 1.29 is 34.4 Å². The average molecular weight is 604 g/mol. The molecule has 4 fully saturated rings. The fraction of sp³-hybridized carbons (Fsp3) is 0.471. The highest BCUT2D eigenvalue weighted by Crippen LogP contribution is 2.73. The summed E-state index contributed by atoms with van der Waals surface area (Å²) in [5.74, 6) is -3.14. The molecule has 0 bridgehead atoms. The van der Waals surface area contributed by atoms with Crippen LogP contribution in [0.15, 0.2) is 82.1 Å². The van der Waals surface area contributed by atoms with Crippen molar-refractivity contribution >= 4 is 29.0 Å². The summed E-state index contributed by atoms with van der Waals surface area (Å²) < 4.78 is 12.9. The van der Waals surface area contributed by atoms with E-state index < -0.39 is 47.0 Å². The number of benzene rings is 2. The fourth-order valence-electron chi connectivity index (χ4n) is 9.32. The van der Waals surface area contributed by atoms with E-state index in [-0.39, 0.29) is 36.4 Å². The molecule has 0 radical (unpaired) electrons. The lowest BCUT2D eigenvalue weighted by molar-refractivity contribution is -0.219. The summed E-state index contributed by atoms with van der Waals surface area (Å²) in [5.41, 5.74) is 4.89. The molecule has 3 saturated carbocycles. The molecule has 7 rings (SSSR count). The first-order valence-electron chi connectivity index (χ1n) is 14.9. The third-order valence-corrected chi connectivity index (χ3v) is 12.1. The highest BCUT2D eigenvalue weighted by Gasteiger charge is 2.82. The van der Waals surface area contributed by atoms with Crippen molar-refractivity contribution in [3.05, 3.63) is 77.9 Å². The molecule has 0 unspecified atom stereocenters. The molecule has 2 aromatic rings. The van der Waals surface area contributed by atoms with E-state index in [1.807, 2.05) is 61.5 Å². The number of ether oxygens (including phenoxy) is 2. The van der Waals surface area contributed by atoms with Crippen LogP contribution in [0, 0.1) is 28.6 Å². The van der Waals surface area contributed by atoms with Crippen LogP contribution in [0.2, 0.25) is 0 Å². The highest BCUT2D eigenvalue weighted by molar-refractivity contribution is 7.99. The Kier molecular flexibility index (Phi) is 6.64. The average Bonchev–Trinajstić information content (AvgIpc) is 3.38. The third kappa shape index (κ3) is 4.02. The molecule has 9 atom stereocenters. The minimum Gasteiger partial charge on any atom is -0.399 e. The van der Waals surface area contributed by atoms with Crippen LogP contribution in [0.1, 0.15) is 51.4 Å². The van der Waals surface area contributed by atoms with Crippen molar-refractivity contribution in [2.45, 2.75) is 73.1 Å². The summed E-state index contributed by atoms with van der Waals surface area (Å²) in [5, 5.41) is 34.3. The number of ketones is 2. The Labute approximate surface area is 255 Å². The number of carbonyl (C=O) groups excluding carboxylic acids is 2. The molecular formula is C34H37NO7S. The number of hydrogen-bond donors (Lipinski definition) is 4. The van der Waals surface area contributed by atoms with Gasteiger partial charge in [0.2, 0.25) is 5.79 Å². The maximum absolute atomic E-state index is 13.8. The van der Waals surface area contributed by atoms with Crippen LogP contribution in [0.5, 0.6) is 0 Å². The topological polar surface area (TPSA) is 139 Å². The Morgan fingerprint density at radius 3 is 2.58 bits per heavy atom. The Hall–Kier alpha value is -2.79. The van der Waals surface area contributed by atoms with Gasteiger partial charge in [-0.3, -0.25) is 9.59 Å². The number of anilines is 1. The van der Waals surface area contributed by atoms with Gasteiger partial charge in [-0.2, -0.15) is 0 Å². The van der Waals surface area contributed by atoms with Gasteiger partial charge in [-0.25, -0.2) is 0 Å². The first kappa shape index (κ1) is 29.0. The molecular weight excluding hydrogens is 566 g/mol. The molecule has 0 aromatic heterocycles. The number of nitrogen functional groups attached to an aromatic ring is 1. The largest absolute Gasteiger partial charge is 0.399 e. The van der Waals surface area contributed by atoms with Gasteiger partial charge in [0.25, 0.3) is 0 Å². The maximum atomic E-state index is 13.8. The number of aliphatic hydroxyl groups excluding tert-OH is 2. The number of hydrogen-bond acceptors (Lipinski definition) is 9. The lowest BCUT2D eigenvalue weighted by Gasteiger charge is -2.59. The minimum absolute atomic E-state index is 0.0394. The zero-order chi connectivity index (χ0) is 30.4. The highest BCUT2D eigenvalue weighted by atomic mass is 32.2. The maximum Gasteiger partial charge on any atom is 0.206 e. The fourth-order valence-corrected chi connectivity index (χ4v) is 10.2. The van der Waals surface area contributed by atoms with Crippen LogP contribution in [0.3, 0.4) is 0 Å². The lowest BCUT2D eigenvalue weighted by atomic mass is 9.46. The van der Waals surface area contributed by atoms with Crippen molar-refractivity contribution in [3.8, 4) is 0 Å². The van der Waals surface area contributed by atoms with Crippen LogP contribution >= 0.6 is 11.8 Å². The molecule has 226 valence electrons. The van der Waals surface area contributed by atoms with Crippen molar-refractivity contribution in [3.63, 3.8) is 0 Å². The van der Waals surface area contributed by atoms with E-state index in [2.05, 4.69) is 6.92 Å². The van der Waals surface area contributed by atoms with Gasteiger partial charge in [0, 0.05) is 44.2 Å². The molecule has 5 N–H and O–H groups in total. The van der Waals surface area contributed by atoms with E-state index in [1.54, 1.807) is 23.9 Å². The molecule has 4 aliphatic carbocycles. The number of aliphatic hydroxyl groups is 3. The second kappa shape index (κ2) is 9.86. The van der Waals surface area contributed by atoms with Gasteiger partial charge in [0.05, 0.1) is 6.10 Å². The van der Waals surface area contributed by atoms with Crippen LogP contribution in [-0.2, 0) is 19.1 Å². The Morgan fingerprint density at radius 2 is 1.86 bits per heavy atom. The molecule has 1 aliphatic heterocycles. The molecule has 1 saturated heterocycles. The van der Waals surface area contributed by atoms with Crippen LogP contribution in [0.4, 0.5) is 5.69 Å². The summed E-state index contributed by atoms with van der Waals surface area (Å²) in [6.07, 6.45) is 5.06. The zero-order valence-corrected chi connectivity index (χ0v) is 25.0. The second-order valence-corrected chi connectivity index (χ2v) is 14.4. The van der Waals surface area contributed by atoms with Crippen molar-refractivity contribution in [2.24, 2.45) is 28.6 Å². The quantitative estimate of drug-likeness (QED) is 0.368. The van der Waals surface area contributed by atoms with Crippen LogP contribution < -0.4 is 5.73 Å². The van der Waals surface area contributed by atoms with E-state index in [9.17, 15) is 24.9 Å². The van der Waals surface area contributed by atoms with Gasteiger partial charge in [-0.15, -0.1) is 0 Å². The third-order valence-electron chi connectivity index (χ3n) is 11.1. The lowest BCUT2D eigenvalue weighted by Crippen LogP contribution is -2.66. The number of nitrogens with two attached hydrogens (primary N) is 1. The van der Waals surface area contributed by atoms with Crippen LogP contribution in [0.25, 0.3) is 0 Å². The first-order chi connectivity index (χ1) is 20.4. The molecule has 5 aliphatic rings. The smallest absolute Gasteiger partial charge is 0.206 e. The first-order valence-corrected chi connectivity index (χ1v) is 15.7. The summed E-state index contributed by atoms with van der Waals surface area (Å²) in [6.45, 7) is 3.14. The van der Waals surface area contributed by atoms with E-state index in [0.717, 1.165) is 15.4 Å². The number of rotatable bonds is 5. The SMILES string of the molecule is C[C@]12C=CC(=O)C=C1CC[C@@H]1[C@@H]2[C@@H](O)C[C@@]2(C)[C@H]1C[C@@]1(O)O[C@@H](c3ccc(Sc4cccc(N)c4)cc3)O[C@]12C(=O)CO. The van der Waals surface area contributed by atoms with E-state index in [0.29, 0.717) is 24.1 Å². The van der Waals surface area contributed by atoms with Gasteiger partial charge in [-0.05, 0) is 73.6 Å². The Balaban J connectivity index is 1.21. The Morgan fingerprint density at radius 1 is 1.09 bits per heavy atom. The second-order valence-electron chi connectivity index (χ2n) is 13.3. The number of Topliss-reactive ketones (excluding diaryl/α,β-unsaturated/α-hetero) is 1. The molecule has 43 heavy (non-hydrogen) atoms. The van der Waals surface area contributed by atoms with Crippen molar-refractivity contribution in [1.82, 2.24) is 0 Å². The zero-order valence-electron chi connectivity index (χ0n) is 24.2. The molecule has 2 aromatic carbocycles. The van der Waals surface area contributed by atoms with Crippen molar-refractivity contribution in [1.29, 1.82) is 0 Å². The monoisotopic (exact) mass is 603 g/mol. The van der Waals surface area contributed by atoms with Crippen molar-refractivity contribution in [2.75, 3.05) is 12.3 Å². The minimum atomic E-state index is -1.99. The van der Waals surface area contributed by atoms with Gasteiger partial charge in [0.15, 0.2) is 23.5 Å². The van der Waals surface area contributed by atoms with Gasteiger partial charge >= 0.3 is 0 Å². The molecule has 1 heterocycles. The molecule has 0 spiro atoms. The molecule has 9 heteroatoms. The van der Waals surface area contributed by atoms with E-state index in [1.165, 1.54) is 0 Å². The van der Waals surface area contributed by atoms with Gasteiger partial charge < -0.3 is 30.5 Å². The number of carbonyl (C=O) groups is 2. The standard InChI is InChI=1S/C34H37NO7S/c1-31-13-12-22(37)14-20(31)8-11-25-26-16-33(40)34(28(39)18-36,32(26,2)17-27(38)29(25)31)42-30(41-33)19-6-9-23(10-7-19)43-24-5-3-4-21(35)15-24/h3-7,9-10,12-15,25-27,29-30,36,38,40H,8,11,16-18,35H2,1-2H3/t25-,26-,27-,29+,30+,31-,32-,33+,34-/m0/s1. The molecule has 0 amide bonds. The Bertz CT molecular complexity index is 1560. The predicted molar refractivity (Wildman–Crippen MR) is 159 cm³/mol. The van der Waals surface area contributed by atoms with Gasteiger partial charge in [-0.1, -0.05) is 55.5 Å². The number of fused-ring (bicyclic) bond motifs is 7.